The Bertz CT molecular complexity index is 661. The number of nitrogens with zero attached hydrogens (tertiary/aromatic N) is 3. The fourth-order valence-corrected chi connectivity index (χ4v) is 2.70. The quantitative estimate of drug-likeness (QED) is 0.878. The summed E-state index contributed by atoms with van der Waals surface area (Å²) in [4.78, 5) is 38.7. The number of carbonyl (C=O) groups excluding carboxylic acids is 2. The molecule has 2 amide bonds. The molecule has 1 atom stereocenters. The van der Waals surface area contributed by atoms with Crippen molar-refractivity contribution in [3.05, 3.63) is 17.5 Å². The lowest BCUT2D eigenvalue weighted by molar-refractivity contribution is -0.145. The highest BCUT2D eigenvalue weighted by Crippen LogP contribution is 2.23. The third-order valence-electron chi connectivity index (χ3n) is 4.31. The van der Waals surface area contributed by atoms with Gasteiger partial charge >= 0.3 is 5.97 Å². The Morgan fingerprint density at radius 3 is 2.64 bits per heavy atom. The maximum atomic E-state index is 12.4. The van der Waals surface area contributed by atoms with Crippen LogP contribution in [-0.2, 0) is 15.0 Å². The lowest BCUT2D eigenvalue weighted by Gasteiger charge is -2.31. The van der Waals surface area contributed by atoms with Crippen LogP contribution in [0, 0.1) is 5.92 Å². The van der Waals surface area contributed by atoms with Gasteiger partial charge in [0.25, 0.3) is 5.91 Å². The van der Waals surface area contributed by atoms with Gasteiger partial charge in [0.05, 0.1) is 12.5 Å². The summed E-state index contributed by atoms with van der Waals surface area (Å²) in [6, 6.07) is 1.59. The number of carboxylic acids is 1. The van der Waals surface area contributed by atoms with Gasteiger partial charge in [0.2, 0.25) is 5.91 Å². The minimum atomic E-state index is -0.890. The zero-order valence-corrected chi connectivity index (χ0v) is 15.1. The molecular formula is C17H25N3O5. The Hall–Kier alpha value is -2.38. The number of carboxylic acid groups (broad SMARTS) is 1. The summed E-state index contributed by atoms with van der Waals surface area (Å²) in [6.45, 7) is 6.43. The second kappa shape index (κ2) is 7.25. The maximum Gasteiger partial charge on any atom is 0.308 e. The molecule has 1 aromatic heterocycles. The van der Waals surface area contributed by atoms with Crippen LogP contribution in [0.2, 0.25) is 0 Å². The second-order valence-corrected chi connectivity index (χ2v) is 7.50. The van der Waals surface area contributed by atoms with Crippen molar-refractivity contribution in [1.82, 2.24) is 15.0 Å². The number of aromatic nitrogens is 1. The first-order chi connectivity index (χ1) is 11.6. The predicted octanol–water partition coefficient (Wildman–Crippen LogP) is 1.37. The van der Waals surface area contributed by atoms with E-state index in [2.05, 4.69) is 5.16 Å². The van der Waals surface area contributed by atoms with Crippen LogP contribution in [0.5, 0.6) is 0 Å². The number of likely N-dealkylation sites (N-methyl/N-ethyl adjacent to an activating group) is 1. The van der Waals surface area contributed by atoms with E-state index in [0.29, 0.717) is 25.1 Å². The van der Waals surface area contributed by atoms with Crippen molar-refractivity contribution in [1.29, 1.82) is 0 Å². The van der Waals surface area contributed by atoms with Gasteiger partial charge in [-0.05, 0) is 12.8 Å². The van der Waals surface area contributed by atoms with Crippen molar-refractivity contribution in [2.24, 2.45) is 5.92 Å². The summed E-state index contributed by atoms with van der Waals surface area (Å²) >= 11 is 0. The molecule has 8 nitrogen and oxygen atoms in total. The van der Waals surface area contributed by atoms with Crippen molar-refractivity contribution in [3.8, 4) is 0 Å². The van der Waals surface area contributed by atoms with Gasteiger partial charge in [-0.25, -0.2) is 0 Å². The van der Waals surface area contributed by atoms with Gasteiger partial charge in [-0.1, -0.05) is 25.9 Å². The SMILES string of the molecule is CN(CC(=O)N1CCCC(C(=O)O)C1)C(=O)c1cc(C(C)(C)C)on1. The first kappa shape index (κ1) is 19.0. The second-order valence-electron chi connectivity index (χ2n) is 7.50. The summed E-state index contributed by atoms with van der Waals surface area (Å²) in [7, 11) is 1.52. The van der Waals surface area contributed by atoms with Crippen LogP contribution in [0.15, 0.2) is 10.6 Å². The topological polar surface area (TPSA) is 104 Å². The highest BCUT2D eigenvalue weighted by molar-refractivity contribution is 5.94. The minimum absolute atomic E-state index is 0.122. The number of piperidine rings is 1. The molecule has 25 heavy (non-hydrogen) atoms. The summed E-state index contributed by atoms with van der Waals surface area (Å²) in [6.07, 6.45) is 1.22. The molecule has 1 N–H and O–H groups in total. The predicted molar refractivity (Wildman–Crippen MR) is 89.1 cm³/mol. The molecule has 1 aliphatic heterocycles. The van der Waals surface area contributed by atoms with Crippen molar-refractivity contribution in [2.45, 2.75) is 39.0 Å². The Morgan fingerprint density at radius 2 is 2.08 bits per heavy atom. The van der Waals surface area contributed by atoms with Crippen molar-refractivity contribution in [2.75, 3.05) is 26.7 Å². The van der Waals surface area contributed by atoms with Crippen LogP contribution < -0.4 is 0 Å². The van der Waals surface area contributed by atoms with Crippen LogP contribution in [0.1, 0.15) is 49.9 Å². The third kappa shape index (κ3) is 4.58. The fourth-order valence-electron chi connectivity index (χ4n) is 2.70. The van der Waals surface area contributed by atoms with E-state index in [-0.39, 0.29) is 30.1 Å². The van der Waals surface area contributed by atoms with Crippen LogP contribution in [-0.4, -0.2) is 64.5 Å². The van der Waals surface area contributed by atoms with Gasteiger partial charge in [-0.15, -0.1) is 0 Å². The molecule has 0 aliphatic carbocycles. The van der Waals surface area contributed by atoms with E-state index >= 15 is 0 Å². The zero-order valence-electron chi connectivity index (χ0n) is 15.1. The molecule has 2 rings (SSSR count). The summed E-state index contributed by atoms with van der Waals surface area (Å²) < 4.78 is 5.20. The first-order valence-corrected chi connectivity index (χ1v) is 8.33. The molecule has 138 valence electrons. The van der Waals surface area contributed by atoms with Crippen molar-refractivity contribution in [3.63, 3.8) is 0 Å². The molecule has 1 aromatic rings. The number of hydrogen-bond donors (Lipinski definition) is 1. The zero-order chi connectivity index (χ0) is 18.8. The van der Waals surface area contributed by atoms with E-state index in [1.165, 1.54) is 16.8 Å². The van der Waals surface area contributed by atoms with Gasteiger partial charge < -0.3 is 19.4 Å². The van der Waals surface area contributed by atoms with E-state index < -0.39 is 17.8 Å². The molecule has 1 aliphatic rings. The normalized spacial score (nSPS) is 18.1. The smallest absolute Gasteiger partial charge is 0.308 e. The first-order valence-electron chi connectivity index (χ1n) is 8.33. The fraction of sp³-hybridized carbons (Fsp3) is 0.647. The Labute approximate surface area is 146 Å². The van der Waals surface area contributed by atoms with Gasteiger partial charge in [0.15, 0.2) is 5.69 Å². The number of rotatable bonds is 4. The van der Waals surface area contributed by atoms with E-state index in [1.54, 1.807) is 6.07 Å². The largest absolute Gasteiger partial charge is 0.481 e. The summed E-state index contributed by atoms with van der Waals surface area (Å²) in [5, 5.41) is 12.9. The number of aliphatic carboxylic acids is 1. The lowest BCUT2D eigenvalue weighted by Crippen LogP contribution is -2.46. The molecule has 1 fully saturated rings. The number of likely N-dealkylation sites (tertiary alicyclic amines) is 1. The van der Waals surface area contributed by atoms with Gasteiger partial charge in [-0.3, -0.25) is 14.4 Å². The summed E-state index contributed by atoms with van der Waals surface area (Å²) in [5.74, 6) is -1.50. The molecule has 0 radical (unpaired) electrons. The monoisotopic (exact) mass is 351 g/mol. The van der Waals surface area contributed by atoms with E-state index in [9.17, 15) is 14.4 Å². The Morgan fingerprint density at radius 1 is 1.40 bits per heavy atom. The highest BCUT2D eigenvalue weighted by atomic mass is 16.5. The molecule has 0 spiro atoms. The average molecular weight is 351 g/mol. The van der Waals surface area contributed by atoms with Gasteiger partial charge in [-0.2, -0.15) is 0 Å². The molecule has 8 heteroatoms. The lowest BCUT2D eigenvalue weighted by atomic mass is 9.93. The third-order valence-corrected chi connectivity index (χ3v) is 4.31. The molecule has 2 heterocycles. The Balaban J connectivity index is 1.97. The molecule has 1 unspecified atom stereocenters. The Kier molecular flexibility index (Phi) is 5.49. The van der Waals surface area contributed by atoms with Crippen LogP contribution >= 0.6 is 0 Å². The van der Waals surface area contributed by atoms with Crippen LogP contribution in [0.4, 0.5) is 0 Å². The van der Waals surface area contributed by atoms with Gasteiger partial charge in [0.1, 0.15) is 5.76 Å². The molecule has 0 saturated carbocycles. The van der Waals surface area contributed by atoms with E-state index in [0.717, 1.165) is 0 Å². The van der Waals surface area contributed by atoms with Crippen LogP contribution in [0.3, 0.4) is 0 Å². The van der Waals surface area contributed by atoms with Crippen molar-refractivity contribution < 1.29 is 24.0 Å². The number of amides is 2. The van der Waals surface area contributed by atoms with E-state index in [1.807, 2.05) is 20.8 Å². The standard InChI is InChI=1S/C17H25N3O5/c1-17(2,3)13-8-12(18-25-13)15(22)19(4)10-14(21)20-7-5-6-11(9-20)16(23)24/h8,11H,5-7,9-10H2,1-4H3,(H,23,24). The molecule has 0 bridgehead atoms. The van der Waals surface area contributed by atoms with Crippen molar-refractivity contribution >= 4 is 17.8 Å². The van der Waals surface area contributed by atoms with Crippen LogP contribution in [0.25, 0.3) is 0 Å². The number of carbonyl (C=O) groups is 3. The summed E-state index contributed by atoms with van der Waals surface area (Å²) in [5.41, 5.74) is -0.109. The molecule has 0 aromatic carbocycles. The maximum absolute atomic E-state index is 12.4. The highest BCUT2D eigenvalue weighted by Gasteiger charge is 2.30. The average Bonchev–Trinajstić information content (AvgIpc) is 3.04. The van der Waals surface area contributed by atoms with Gasteiger partial charge in [0, 0.05) is 31.6 Å². The minimum Gasteiger partial charge on any atom is -0.481 e. The van der Waals surface area contributed by atoms with E-state index in [4.69, 9.17) is 9.63 Å². The molecule has 1 saturated heterocycles. The number of hydrogen-bond acceptors (Lipinski definition) is 5. The molecular weight excluding hydrogens is 326 g/mol.